The fraction of sp³-hybridized carbons (Fsp3) is 0.929. The molecule has 0 aromatic carbocycles. The first-order valence-electron chi connectivity index (χ1n) is 6.59. The second kappa shape index (κ2) is 18.6. The minimum Gasteiger partial charge on any atom is -0.668 e. The van der Waals surface area contributed by atoms with Crippen LogP contribution in [-0.4, -0.2) is 47.4 Å². The number of hydrogen-bond acceptors (Lipinski definition) is 0. The Bertz CT molecular complexity index is 184. The molecule has 20 heavy (non-hydrogen) atoms. The summed E-state index contributed by atoms with van der Waals surface area (Å²) in [5, 5.41) is 7.00. The van der Waals surface area contributed by atoms with Gasteiger partial charge >= 0.3 is 21.7 Å². The van der Waals surface area contributed by atoms with Gasteiger partial charge in [0.15, 0.2) is 0 Å². The molecule has 1 aliphatic rings. The van der Waals surface area contributed by atoms with Crippen LogP contribution in [0.15, 0.2) is 0 Å². The summed E-state index contributed by atoms with van der Waals surface area (Å²) in [7, 11) is 7.84. The molecule has 3 nitrogen and oxygen atoms in total. The predicted molar refractivity (Wildman–Crippen MR) is 104 cm³/mol. The van der Waals surface area contributed by atoms with E-state index in [1.54, 1.807) is 28.2 Å². The van der Waals surface area contributed by atoms with Gasteiger partial charge in [-0.1, -0.05) is 56.4 Å². The maximum atomic E-state index is 4.55. The number of nitrogens with zero attached hydrogens (tertiary/aromatic N) is 3. The van der Waals surface area contributed by atoms with Crippen LogP contribution in [-0.2, 0) is 21.7 Å². The molecule has 1 rings (SSSR count). The molecule has 120 valence electrons. The van der Waals surface area contributed by atoms with E-state index in [1.165, 1.54) is 25.3 Å². The van der Waals surface area contributed by atoms with Crippen molar-refractivity contribution in [3.05, 3.63) is 23.0 Å². The zero-order chi connectivity index (χ0) is 14.6. The Morgan fingerprint density at radius 1 is 1.00 bits per heavy atom. The van der Waals surface area contributed by atoms with Crippen molar-refractivity contribution in [1.82, 2.24) is 0 Å². The van der Waals surface area contributed by atoms with Crippen LogP contribution in [0.4, 0.5) is 0 Å². The van der Waals surface area contributed by atoms with E-state index in [9.17, 15) is 0 Å². The summed E-state index contributed by atoms with van der Waals surface area (Å²) >= 11 is 2.63. The molecule has 0 radical (unpaired) electrons. The van der Waals surface area contributed by atoms with Crippen molar-refractivity contribution in [2.24, 2.45) is 5.92 Å². The van der Waals surface area contributed by atoms with Crippen molar-refractivity contribution in [3.8, 4) is 0 Å². The Morgan fingerprint density at radius 3 is 1.65 bits per heavy atom. The molecule has 0 saturated heterocycles. The van der Waals surface area contributed by atoms with Crippen molar-refractivity contribution in [1.29, 1.82) is 0 Å². The van der Waals surface area contributed by atoms with Crippen molar-refractivity contribution < 1.29 is 21.7 Å². The van der Waals surface area contributed by atoms with Crippen molar-refractivity contribution in [2.45, 2.75) is 42.3 Å². The largest absolute Gasteiger partial charge is 4.00 e. The predicted octanol–water partition coefficient (Wildman–Crippen LogP) is 5.49. The first-order valence-corrected chi connectivity index (χ1v) is 11.0. The summed E-state index contributed by atoms with van der Waals surface area (Å²) in [6, 6.07) is 1.41. The van der Waals surface area contributed by atoms with E-state index in [0.717, 1.165) is 9.84 Å². The summed E-state index contributed by atoms with van der Waals surface area (Å²) in [5.41, 5.74) is 0. The summed E-state index contributed by atoms with van der Waals surface area (Å²) in [6.07, 6.45) is 4.35. The number of alkyl halides is 1. The molecule has 2 atom stereocenters. The molecule has 0 spiro atoms. The zero-order valence-electron chi connectivity index (χ0n) is 14.7. The summed E-state index contributed by atoms with van der Waals surface area (Å²) < 4.78 is 0.941. The number of rotatable bonds is 3. The van der Waals surface area contributed by atoms with Gasteiger partial charge in [0, 0.05) is 3.92 Å². The molecule has 0 heterocycles. The van der Waals surface area contributed by atoms with E-state index >= 15 is 0 Å². The first kappa shape index (κ1) is 29.5. The Labute approximate surface area is 158 Å². The molecule has 0 N–H and O–H groups in total. The van der Waals surface area contributed by atoms with Gasteiger partial charge in [0.1, 0.15) is 0 Å². The van der Waals surface area contributed by atoms with Gasteiger partial charge in [0.25, 0.3) is 0 Å². The minimum absolute atomic E-state index is 0. The second-order valence-electron chi connectivity index (χ2n) is 5.34. The van der Waals surface area contributed by atoms with Gasteiger partial charge in [-0.15, -0.1) is 0 Å². The monoisotopic (exact) mass is 447 g/mol. The van der Waals surface area contributed by atoms with Crippen LogP contribution >= 0.6 is 22.6 Å². The van der Waals surface area contributed by atoms with Crippen LogP contribution in [0.1, 0.15) is 19.3 Å². The fourth-order valence-corrected chi connectivity index (χ4v) is 5.44. The second-order valence-corrected chi connectivity index (χ2v) is 11.4. The van der Waals surface area contributed by atoms with Crippen LogP contribution in [0.25, 0.3) is 15.6 Å². The van der Waals surface area contributed by atoms with Gasteiger partial charge in [0.2, 0.25) is 0 Å². The van der Waals surface area contributed by atoms with E-state index < -0.39 is 8.24 Å². The average Bonchev–Trinajstić information content (AvgIpc) is 2.66. The van der Waals surface area contributed by atoms with E-state index in [1.807, 2.05) is 7.05 Å². The number of hydrogen-bond donors (Lipinski definition) is 0. The average molecular weight is 447 g/mol. The summed E-state index contributed by atoms with van der Waals surface area (Å²) in [4.78, 5) is 4.55. The maximum Gasteiger partial charge on any atom is 4.00 e. The van der Waals surface area contributed by atoms with Crippen LogP contribution in [0.3, 0.4) is 0 Å². The van der Waals surface area contributed by atoms with Gasteiger partial charge in [-0.3, -0.25) is 0 Å². The Kier molecular flexibility index (Phi) is 27.5. The molecule has 0 bridgehead atoms. The summed E-state index contributed by atoms with van der Waals surface area (Å²) in [5.74, 6) is 0.982. The van der Waals surface area contributed by atoms with E-state index in [4.69, 9.17) is 0 Å². The zero-order valence-corrected chi connectivity index (χ0v) is 19.4. The fourth-order valence-electron chi connectivity index (χ4n) is 1.95. The van der Waals surface area contributed by atoms with Gasteiger partial charge < -0.3 is 23.0 Å². The van der Waals surface area contributed by atoms with Crippen LogP contribution in [0.2, 0.25) is 19.1 Å². The van der Waals surface area contributed by atoms with Crippen LogP contribution in [0, 0.1) is 13.3 Å². The molecular formula is C14H34IN3SiTi. The normalized spacial score (nSPS) is 20.4. The first-order chi connectivity index (χ1) is 8.38. The summed E-state index contributed by atoms with van der Waals surface area (Å²) in [6.45, 7) is 4.77. The van der Waals surface area contributed by atoms with Crippen molar-refractivity contribution in [2.75, 3.05) is 35.2 Å². The molecule has 1 aliphatic carbocycles. The van der Waals surface area contributed by atoms with E-state index in [0.29, 0.717) is 0 Å². The standard InChI is InChI=1S/C9H19INSi.2C2H6N.CH3.Ti/c1-11-12(2,3)7-8-5-4-6-9(8)10;2*1-3-2;;/h8-9H,4-7H2,1-3H3;2*1-2H3;1H3;/q4*-1;+4. The minimum atomic E-state index is -1.16. The quantitative estimate of drug-likeness (QED) is 0.238. The molecule has 0 aromatic rings. The van der Waals surface area contributed by atoms with Crippen molar-refractivity contribution in [3.63, 3.8) is 0 Å². The SMILES string of the molecule is C[N-]C.C[N-]C.C[N-][Si](C)(C)CC1CCCC1I.[CH3-].[Ti+4]. The Balaban J connectivity index is -0.000000139. The van der Waals surface area contributed by atoms with Crippen LogP contribution < -0.4 is 0 Å². The smallest absolute Gasteiger partial charge is 0.668 e. The van der Waals surface area contributed by atoms with Gasteiger partial charge in [-0.2, -0.15) is 35.2 Å². The van der Waals surface area contributed by atoms with Gasteiger partial charge in [-0.25, -0.2) is 0 Å². The molecule has 0 aromatic heterocycles. The molecule has 1 saturated carbocycles. The van der Waals surface area contributed by atoms with Crippen molar-refractivity contribution >= 4 is 30.8 Å². The maximum absolute atomic E-state index is 4.55. The Morgan fingerprint density at radius 2 is 1.40 bits per heavy atom. The number of halogens is 1. The molecule has 2 unspecified atom stereocenters. The van der Waals surface area contributed by atoms with Crippen LogP contribution in [0.5, 0.6) is 0 Å². The third kappa shape index (κ3) is 17.6. The van der Waals surface area contributed by atoms with Gasteiger partial charge in [-0.05, 0) is 18.8 Å². The third-order valence-electron chi connectivity index (χ3n) is 2.93. The molecule has 0 aliphatic heterocycles. The molecular weight excluding hydrogens is 413 g/mol. The Hall–Kier alpha value is 1.54. The molecule has 0 amide bonds. The third-order valence-corrected chi connectivity index (χ3v) is 7.31. The topological polar surface area (TPSA) is 42.3 Å². The van der Waals surface area contributed by atoms with E-state index in [-0.39, 0.29) is 29.1 Å². The van der Waals surface area contributed by atoms with E-state index in [2.05, 4.69) is 51.3 Å². The van der Waals surface area contributed by atoms with Gasteiger partial charge in [0.05, 0.1) is 0 Å². The molecule has 1 fully saturated rings. The molecule has 6 heteroatoms.